The minimum absolute atomic E-state index is 0.612. The minimum Gasteiger partial charge on any atom is -0.389 e. The quantitative estimate of drug-likeness (QED) is 0.861. The number of aliphatic hydroxyl groups is 1. The van der Waals surface area contributed by atoms with Crippen molar-refractivity contribution >= 4 is 11.0 Å². The van der Waals surface area contributed by atoms with Crippen LogP contribution in [0.5, 0.6) is 0 Å². The topological polar surface area (TPSA) is 50.1 Å². The van der Waals surface area contributed by atoms with E-state index in [1.54, 1.807) is 0 Å². The lowest BCUT2D eigenvalue weighted by Crippen LogP contribution is -2.33. The standard InChI is InChI=1S/C15H21N3O/c1-18-13-6-3-2-5-12(13)17-14(18)11-15(19)7-4-9-16-10-8-15/h2-3,5-6,16,19H,4,7-11H2,1H3. The summed E-state index contributed by atoms with van der Waals surface area (Å²) in [5.74, 6) is 0.977. The molecule has 1 aromatic heterocycles. The van der Waals surface area contributed by atoms with Crippen molar-refractivity contribution in [2.24, 2.45) is 7.05 Å². The van der Waals surface area contributed by atoms with Gasteiger partial charge in [0.05, 0.1) is 16.6 Å². The van der Waals surface area contributed by atoms with Gasteiger partial charge < -0.3 is 15.0 Å². The third-order valence-electron chi connectivity index (χ3n) is 4.13. The van der Waals surface area contributed by atoms with Gasteiger partial charge in [-0.15, -0.1) is 0 Å². The molecule has 1 unspecified atom stereocenters. The Kier molecular flexibility index (Phi) is 3.29. The molecule has 0 spiro atoms. The number of hydrogen-bond donors (Lipinski definition) is 2. The Balaban J connectivity index is 1.90. The van der Waals surface area contributed by atoms with Crippen molar-refractivity contribution in [3.63, 3.8) is 0 Å². The zero-order chi connectivity index (χ0) is 13.3. The summed E-state index contributed by atoms with van der Waals surface area (Å²) in [6, 6.07) is 8.13. The Morgan fingerprint density at radius 3 is 3.00 bits per heavy atom. The normalized spacial score (nSPS) is 24.5. The Hall–Kier alpha value is -1.39. The second-order valence-corrected chi connectivity index (χ2v) is 5.58. The Morgan fingerprint density at radius 1 is 1.32 bits per heavy atom. The molecule has 0 amide bonds. The molecule has 1 aromatic carbocycles. The molecule has 1 fully saturated rings. The maximum atomic E-state index is 10.8. The van der Waals surface area contributed by atoms with Crippen molar-refractivity contribution in [1.29, 1.82) is 0 Å². The lowest BCUT2D eigenvalue weighted by atomic mass is 9.91. The summed E-state index contributed by atoms with van der Waals surface area (Å²) < 4.78 is 2.10. The zero-order valence-corrected chi connectivity index (χ0v) is 11.4. The SMILES string of the molecule is Cn1c(CC2(O)CCCNCC2)nc2ccccc21. The number of para-hydroxylation sites is 2. The fourth-order valence-corrected chi connectivity index (χ4v) is 2.94. The maximum absolute atomic E-state index is 10.8. The van der Waals surface area contributed by atoms with E-state index < -0.39 is 5.60 Å². The highest BCUT2D eigenvalue weighted by Crippen LogP contribution is 2.25. The summed E-state index contributed by atoms with van der Waals surface area (Å²) in [6.45, 7) is 1.89. The van der Waals surface area contributed by atoms with Crippen molar-refractivity contribution in [2.45, 2.75) is 31.3 Å². The predicted octanol–water partition coefficient (Wildman–Crippen LogP) is 1.62. The third kappa shape index (κ3) is 2.51. The minimum atomic E-state index is -0.612. The number of nitrogens with one attached hydrogen (secondary N) is 1. The molecule has 0 radical (unpaired) electrons. The van der Waals surface area contributed by atoms with Crippen molar-refractivity contribution in [3.8, 4) is 0 Å². The highest BCUT2D eigenvalue weighted by atomic mass is 16.3. The van der Waals surface area contributed by atoms with Crippen LogP contribution >= 0.6 is 0 Å². The van der Waals surface area contributed by atoms with E-state index in [1.807, 2.05) is 25.2 Å². The fourth-order valence-electron chi connectivity index (χ4n) is 2.94. The molecule has 102 valence electrons. The Morgan fingerprint density at radius 2 is 2.16 bits per heavy atom. The number of nitrogens with zero attached hydrogens (tertiary/aromatic N) is 2. The molecule has 4 nitrogen and oxygen atoms in total. The maximum Gasteiger partial charge on any atom is 0.112 e. The molecule has 19 heavy (non-hydrogen) atoms. The molecule has 4 heteroatoms. The van der Waals surface area contributed by atoms with Crippen molar-refractivity contribution in [2.75, 3.05) is 13.1 Å². The second kappa shape index (κ2) is 4.94. The van der Waals surface area contributed by atoms with E-state index in [1.165, 1.54) is 0 Å². The molecule has 1 saturated heterocycles. The Bertz CT molecular complexity index is 568. The van der Waals surface area contributed by atoms with Crippen LogP contribution < -0.4 is 5.32 Å². The number of imidazole rings is 1. The van der Waals surface area contributed by atoms with Gasteiger partial charge in [-0.3, -0.25) is 0 Å². The van der Waals surface area contributed by atoms with Crippen LogP contribution in [0.15, 0.2) is 24.3 Å². The molecule has 2 heterocycles. The lowest BCUT2D eigenvalue weighted by molar-refractivity contribution is 0.0261. The summed E-state index contributed by atoms with van der Waals surface area (Å²) in [4.78, 5) is 4.66. The number of aryl methyl sites for hydroxylation is 1. The van der Waals surface area contributed by atoms with E-state index >= 15 is 0 Å². The number of rotatable bonds is 2. The average Bonchev–Trinajstić information content (AvgIpc) is 2.58. The molecule has 1 aliphatic heterocycles. The van der Waals surface area contributed by atoms with Gasteiger partial charge in [-0.2, -0.15) is 0 Å². The first-order valence-electron chi connectivity index (χ1n) is 7.01. The van der Waals surface area contributed by atoms with Gasteiger partial charge in [0.15, 0.2) is 0 Å². The first kappa shape index (κ1) is 12.6. The molecular weight excluding hydrogens is 238 g/mol. The predicted molar refractivity (Wildman–Crippen MR) is 76.1 cm³/mol. The van der Waals surface area contributed by atoms with Crippen molar-refractivity contribution < 1.29 is 5.11 Å². The van der Waals surface area contributed by atoms with Crippen molar-refractivity contribution in [1.82, 2.24) is 14.9 Å². The summed E-state index contributed by atoms with van der Waals surface area (Å²) in [6.07, 6.45) is 3.32. The number of fused-ring (bicyclic) bond motifs is 1. The van der Waals surface area contributed by atoms with Crippen LogP contribution in [0.4, 0.5) is 0 Å². The van der Waals surface area contributed by atoms with E-state index in [2.05, 4.69) is 20.9 Å². The average molecular weight is 259 g/mol. The van der Waals surface area contributed by atoms with Gasteiger partial charge >= 0.3 is 0 Å². The molecule has 2 aromatic rings. The summed E-state index contributed by atoms with van der Waals surface area (Å²) >= 11 is 0. The highest BCUT2D eigenvalue weighted by Gasteiger charge is 2.30. The van der Waals surface area contributed by atoms with Gasteiger partial charge in [0.1, 0.15) is 5.82 Å². The van der Waals surface area contributed by atoms with Gasteiger partial charge in [-0.05, 0) is 44.5 Å². The molecule has 1 aliphatic rings. The number of hydrogen-bond acceptors (Lipinski definition) is 3. The first-order chi connectivity index (χ1) is 9.18. The van der Waals surface area contributed by atoms with E-state index in [0.717, 1.165) is 49.2 Å². The monoisotopic (exact) mass is 259 g/mol. The van der Waals surface area contributed by atoms with Crippen LogP contribution in [0.1, 0.15) is 25.1 Å². The van der Waals surface area contributed by atoms with Crippen molar-refractivity contribution in [3.05, 3.63) is 30.1 Å². The van der Waals surface area contributed by atoms with Gasteiger partial charge in [-0.1, -0.05) is 12.1 Å². The van der Waals surface area contributed by atoms with Gasteiger partial charge in [-0.25, -0.2) is 4.98 Å². The molecule has 3 rings (SSSR count). The zero-order valence-electron chi connectivity index (χ0n) is 11.4. The number of benzene rings is 1. The number of aromatic nitrogens is 2. The third-order valence-corrected chi connectivity index (χ3v) is 4.13. The first-order valence-corrected chi connectivity index (χ1v) is 7.01. The molecule has 1 atom stereocenters. The van der Waals surface area contributed by atoms with Crippen LogP contribution in [0.2, 0.25) is 0 Å². The molecule has 0 saturated carbocycles. The van der Waals surface area contributed by atoms with Gasteiger partial charge in [0.25, 0.3) is 0 Å². The second-order valence-electron chi connectivity index (χ2n) is 5.58. The van der Waals surface area contributed by atoms with Crippen LogP contribution in [-0.2, 0) is 13.5 Å². The summed E-state index contributed by atoms with van der Waals surface area (Å²) in [7, 11) is 2.03. The highest BCUT2D eigenvalue weighted by molar-refractivity contribution is 5.75. The van der Waals surface area contributed by atoms with E-state index in [0.29, 0.717) is 6.42 Å². The van der Waals surface area contributed by atoms with E-state index in [-0.39, 0.29) is 0 Å². The van der Waals surface area contributed by atoms with Crippen LogP contribution in [0.25, 0.3) is 11.0 Å². The Labute approximate surface area is 113 Å². The summed E-state index contributed by atoms with van der Waals surface area (Å²) in [5, 5.41) is 14.1. The van der Waals surface area contributed by atoms with Crippen LogP contribution in [0, 0.1) is 0 Å². The fraction of sp³-hybridized carbons (Fsp3) is 0.533. The molecule has 0 bridgehead atoms. The van der Waals surface area contributed by atoms with Crippen LogP contribution in [0.3, 0.4) is 0 Å². The van der Waals surface area contributed by atoms with E-state index in [9.17, 15) is 5.11 Å². The summed E-state index contributed by atoms with van der Waals surface area (Å²) in [5.41, 5.74) is 1.53. The largest absolute Gasteiger partial charge is 0.389 e. The lowest BCUT2D eigenvalue weighted by Gasteiger charge is -2.25. The molecule has 0 aliphatic carbocycles. The van der Waals surface area contributed by atoms with E-state index in [4.69, 9.17) is 0 Å². The van der Waals surface area contributed by atoms with Gasteiger partial charge in [0, 0.05) is 13.5 Å². The van der Waals surface area contributed by atoms with Gasteiger partial charge in [0.2, 0.25) is 0 Å². The molecular formula is C15H21N3O. The molecule has 2 N–H and O–H groups in total. The smallest absolute Gasteiger partial charge is 0.112 e. The van der Waals surface area contributed by atoms with Crippen LogP contribution in [-0.4, -0.2) is 33.3 Å².